The van der Waals surface area contributed by atoms with Gasteiger partial charge in [0.1, 0.15) is 5.65 Å². The van der Waals surface area contributed by atoms with Crippen LogP contribution in [0.15, 0.2) is 37.2 Å². The largest absolute Gasteiger partial charge is 0.346 e. The molecule has 0 spiro atoms. The minimum atomic E-state index is -0.127. The Hall–Kier alpha value is -1.61. The first kappa shape index (κ1) is 8.01. The number of hydrogen-bond donors (Lipinski definition) is 2. The molecule has 0 saturated heterocycles. The summed E-state index contributed by atoms with van der Waals surface area (Å²) in [4.78, 5) is 7.24. The first-order chi connectivity index (χ1) is 6.33. The van der Waals surface area contributed by atoms with Crippen molar-refractivity contribution in [2.75, 3.05) is 0 Å². The fourth-order valence-electron chi connectivity index (χ4n) is 1.38. The lowest BCUT2D eigenvalue weighted by Crippen LogP contribution is -2.05. The summed E-state index contributed by atoms with van der Waals surface area (Å²) in [7, 11) is 0. The number of fused-ring (bicyclic) bond motifs is 1. The standard InChI is InChI=1S/C10H11N3/c1-2-9(11)8-6-13-10-7(8)4-3-5-12-10/h2-6,9H,1,11H2,(H,12,13). The molecule has 2 rings (SSSR count). The second kappa shape index (κ2) is 3.03. The van der Waals surface area contributed by atoms with Crippen LogP contribution in [-0.4, -0.2) is 9.97 Å². The van der Waals surface area contributed by atoms with Crippen LogP contribution in [0.2, 0.25) is 0 Å². The third-order valence-corrected chi connectivity index (χ3v) is 2.10. The summed E-state index contributed by atoms with van der Waals surface area (Å²) < 4.78 is 0. The van der Waals surface area contributed by atoms with Crippen molar-refractivity contribution >= 4 is 11.0 Å². The fraction of sp³-hybridized carbons (Fsp3) is 0.100. The molecule has 0 aliphatic heterocycles. The van der Waals surface area contributed by atoms with Gasteiger partial charge in [0.25, 0.3) is 0 Å². The lowest BCUT2D eigenvalue weighted by molar-refractivity contribution is 0.924. The predicted molar refractivity (Wildman–Crippen MR) is 53.2 cm³/mol. The number of H-pyrrole nitrogens is 1. The molecule has 66 valence electrons. The van der Waals surface area contributed by atoms with E-state index in [0.717, 1.165) is 16.6 Å². The van der Waals surface area contributed by atoms with Crippen LogP contribution < -0.4 is 5.73 Å². The van der Waals surface area contributed by atoms with Crippen molar-refractivity contribution in [1.82, 2.24) is 9.97 Å². The van der Waals surface area contributed by atoms with Crippen molar-refractivity contribution in [3.63, 3.8) is 0 Å². The maximum Gasteiger partial charge on any atom is 0.137 e. The number of nitrogens with one attached hydrogen (secondary N) is 1. The van der Waals surface area contributed by atoms with E-state index in [1.54, 1.807) is 12.3 Å². The van der Waals surface area contributed by atoms with E-state index in [1.807, 2.05) is 18.3 Å². The topological polar surface area (TPSA) is 54.7 Å². The molecule has 2 aromatic heterocycles. The molecule has 0 aliphatic rings. The number of nitrogens with two attached hydrogens (primary N) is 1. The van der Waals surface area contributed by atoms with E-state index in [2.05, 4.69) is 16.5 Å². The quantitative estimate of drug-likeness (QED) is 0.680. The Morgan fingerprint density at radius 2 is 2.46 bits per heavy atom. The predicted octanol–water partition coefficient (Wildman–Crippen LogP) is 1.75. The third-order valence-electron chi connectivity index (χ3n) is 2.10. The Labute approximate surface area is 76.3 Å². The minimum Gasteiger partial charge on any atom is -0.346 e. The molecule has 3 heteroatoms. The molecular formula is C10H11N3. The molecular weight excluding hydrogens is 162 g/mol. The normalized spacial score (nSPS) is 13.0. The van der Waals surface area contributed by atoms with Crippen LogP contribution in [0.1, 0.15) is 11.6 Å². The van der Waals surface area contributed by atoms with Gasteiger partial charge in [-0.2, -0.15) is 0 Å². The van der Waals surface area contributed by atoms with Crippen molar-refractivity contribution in [3.8, 4) is 0 Å². The van der Waals surface area contributed by atoms with Gasteiger partial charge in [-0.05, 0) is 17.7 Å². The van der Waals surface area contributed by atoms with Gasteiger partial charge < -0.3 is 10.7 Å². The van der Waals surface area contributed by atoms with E-state index in [4.69, 9.17) is 5.73 Å². The minimum absolute atomic E-state index is 0.127. The van der Waals surface area contributed by atoms with E-state index in [1.165, 1.54) is 0 Å². The molecule has 2 heterocycles. The molecule has 3 nitrogen and oxygen atoms in total. The second-order valence-corrected chi connectivity index (χ2v) is 2.91. The smallest absolute Gasteiger partial charge is 0.137 e. The van der Waals surface area contributed by atoms with Crippen LogP contribution in [0.5, 0.6) is 0 Å². The van der Waals surface area contributed by atoms with Gasteiger partial charge in [0, 0.05) is 23.8 Å². The number of pyridine rings is 1. The molecule has 0 saturated carbocycles. The van der Waals surface area contributed by atoms with Gasteiger partial charge in [-0.15, -0.1) is 6.58 Å². The van der Waals surface area contributed by atoms with Crippen LogP contribution >= 0.6 is 0 Å². The van der Waals surface area contributed by atoms with Crippen molar-refractivity contribution in [2.45, 2.75) is 6.04 Å². The van der Waals surface area contributed by atoms with Gasteiger partial charge in [0.05, 0.1) is 0 Å². The highest BCUT2D eigenvalue weighted by Gasteiger charge is 2.07. The Balaban J connectivity index is 2.64. The zero-order chi connectivity index (χ0) is 9.26. The molecule has 2 aromatic rings. The van der Waals surface area contributed by atoms with Crippen LogP contribution in [-0.2, 0) is 0 Å². The van der Waals surface area contributed by atoms with Gasteiger partial charge >= 0.3 is 0 Å². The number of nitrogens with zero attached hydrogens (tertiary/aromatic N) is 1. The average Bonchev–Trinajstić information content (AvgIpc) is 2.60. The molecule has 1 unspecified atom stereocenters. The molecule has 0 aromatic carbocycles. The third kappa shape index (κ3) is 1.23. The van der Waals surface area contributed by atoms with E-state index in [0.29, 0.717) is 0 Å². The summed E-state index contributed by atoms with van der Waals surface area (Å²) in [5.74, 6) is 0. The monoisotopic (exact) mass is 173 g/mol. The van der Waals surface area contributed by atoms with Crippen molar-refractivity contribution in [3.05, 3.63) is 42.7 Å². The molecule has 0 bridgehead atoms. The highest BCUT2D eigenvalue weighted by molar-refractivity contribution is 5.80. The van der Waals surface area contributed by atoms with Crippen LogP contribution in [0, 0.1) is 0 Å². The lowest BCUT2D eigenvalue weighted by Gasteiger charge is -2.02. The van der Waals surface area contributed by atoms with E-state index in [9.17, 15) is 0 Å². The van der Waals surface area contributed by atoms with Gasteiger partial charge in [-0.1, -0.05) is 6.08 Å². The van der Waals surface area contributed by atoms with Crippen molar-refractivity contribution in [1.29, 1.82) is 0 Å². The van der Waals surface area contributed by atoms with Crippen LogP contribution in [0.3, 0.4) is 0 Å². The first-order valence-corrected chi connectivity index (χ1v) is 4.13. The maximum atomic E-state index is 5.84. The zero-order valence-corrected chi connectivity index (χ0v) is 7.20. The van der Waals surface area contributed by atoms with Crippen LogP contribution in [0.4, 0.5) is 0 Å². The summed E-state index contributed by atoms with van der Waals surface area (Å²) in [6.45, 7) is 3.66. The molecule has 1 atom stereocenters. The number of hydrogen-bond acceptors (Lipinski definition) is 2. The highest BCUT2D eigenvalue weighted by atomic mass is 14.8. The molecule has 0 aliphatic carbocycles. The maximum absolute atomic E-state index is 5.84. The number of aromatic amines is 1. The van der Waals surface area contributed by atoms with Crippen molar-refractivity contribution in [2.24, 2.45) is 5.73 Å². The van der Waals surface area contributed by atoms with Gasteiger partial charge in [0.15, 0.2) is 0 Å². The summed E-state index contributed by atoms with van der Waals surface area (Å²) in [6.07, 6.45) is 5.35. The van der Waals surface area contributed by atoms with E-state index >= 15 is 0 Å². The van der Waals surface area contributed by atoms with Gasteiger partial charge in [-0.25, -0.2) is 4.98 Å². The second-order valence-electron chi connectivity index (χ2n) is 2.91. The Morgan fingerprint density at radius 1 is 1.62 bits per heavy atom. The van der Waals surface area contributed by atoms with Crippen molar-refractivity contribution < 1.29 is 0 Å². The zero-order valence-electron chi connectivity index (χ0n) is 7.20. The summed E-state index contributed by atoms with van der Waals surface area (Å²) in [5.41, 5.74) is 7.75. The number of rotatable bonds is 2. The Morgan fingerprint density at radius 3 is 3.23 bits per heavy atom. The lowest BCUT2D eigenvalue weighted by atomic mass is 10.1. The van der Waals surface area contributed by atoms with Gasteiger partial charge in [0.2, 0.25) is 0 Å². The van der Waals surface area contributed by atoms with E-state index < -0.39 is 0 Å². The number of aromatic nitrogens is 2. The first-order valence-electron chi connectivity index (χ1n) is 4.13. The summed E-state index contributed by atoms with van der Waals surface area (Å²) in [6, 6.07) is 3.77. The SMILES string of the molecule is C=CC(N)c1c[nH]c2ncccc12. The summed E-state index contributed by atoms with van der Waals surface area (Å²) in [5, 5.41) is 1.06. The average molecular weight is 173 g/mol. The molecule has 0 radical (unpaired) electrons. The van der Waals surface area contributed by atoms with E-state index in [-0.39, 0.29) is 6.04 Å². The molecule has 0 fully saturated rings. The highest BCUT2D eigenvalue weighted by Crippen LogP contribution is 2.21. The molecule has 3 N–H and O–H groups in total. The van der Waals surface area contributed by atoms with Gasteiger partial charge in [-0.3, -0.25) is 0 Å². The fourth-order valence-corrected chi connectivity index (χ4v) is 1.38. The Kier molecular flexibility index (Phi) is 1.87. The Bertz CT molecular complexity index is 430. The van der Waals surface area contributed by atoms with Crippen LogP contribution in [0.25, 0.3) is 11.0 Å². The molecule has 0 amide bonds. The summed E-state index contributed by atoms with van der Waals surface area (Å²) >= 11 is 0. The molecule has 13 heavy (non-hydrogen) atoms.